The zero-order valence-corrected chi connectivity index (χ0v) is 16.4. The van der Waals surface area contributed by atoms with Crippen LogP contribution in [0.2, 0.25) is 0 Å². The minimum atomic E-state index is -3.71. The van der Waals surface area contributed by atoms with Crippen LogP contribution in [-0.4, -0.2) is 23.2 Å². The van der Waals surface area contributed by atoms with Gasteiger partial charge >= 0.3 is 0 Å². The first-order valence-electron chi connectivity index (χ1n) is 9.03. The smallest absolute Gasteiger partial charge is 0.246 e. The van der Waals surface area contributed by atoms with Gasteiger partial charge in [0.15, 0.2) is 0 Å². The van der Waals surface area contributed by atoms with Gasteiger partial charge in [0, 0.05) is 0 Å². The number of nitrogens with one attached hydrogen (secondary N) is 1. The second-order valence-electron chi connectivity index (χ2n) is 6.55. The molecule has 0 aliphatic rings. The quantitative estimate of drug-likeness (QED) is 0.641. The van der Waals surface area contributed by atoms with Gasteiger partial charge in [-0.05, 0) is 48.6 Å². The van der Waals surface area contributed by atoms with Gasteiger partial charge in [-0.3, -0.25) is 0 Å². The number of benzene rings is 2. The molecule has 142 valence electrons. The highest BCUT2D eigenvalue weighted by Crippen LogP contribution is 2.16. The molecule has 0 radical (unpaired) electrons. The van der Waals surface area contributed by atoms with Gasteiger partial charge in [0.1, 0.15) is 6.33 Å². The van der Waals surface area contributed by atoms with Crippen molar-refractivity contribution >= 4 is 16.0 Å². The van der Waals surface area contributed by atoms with E-state index in [2.05, 4.69) is 21.7 Å². The Morgan fingerprint density at radius 3 is 2.52 bits per heavy atom. The molecule has 0 amide bonds. The highest BCUT2D eigenvalue weighted by Gasteiger charge is 2.16. The van der Waals surface area contributed by atoms with E-state index in [1.165, 1.54) is 6.33 Å². The van der Waals surface area contributed by atoms with E-state index in [9.17, 15) is 8.42 Å². The van der Waals surface area contributed by atoms with Crippen molar-refractivity contribution in [2.45, 2.75) is 44.6 Å². The lowest BCUT2D eigenvalue weighted by Gasteiger charge is -2.06. The molecule has 7 heteroatoms. The summed E-state index contributed by atoms with van der Waals surface area (Å²) < 4.78 is 29.2. The van der Waals surface area contributed by atoms with E-state index in [0.717, 1.165) is 36.0 Å². The normalized spacial score (nSPS) is 11.5. The molecule has 1 aromatic heterocycles. The molecule has 0 saturated heterocycles. The van der Waals surface area contributed by atoms with E-state index in [4.69, 9.17) is 0 Å². The first kappa shape index (κ1) is 19.1. The zero-order valence-electron chi connectivity index (χ0n) is 15.6. The van der Waals surface area contributed by atoms with Crippen molar-refractivity contribution in [3.05, 3.63) is 71.5 Å². The van der Waals surface area contributed by atoms with E-state index in [0.29, 0.717) is 6.54 Å². The van der Waals surface area contributed by atoms with Crippen molar-refractivity contribution in [1.29, 1.82) is 0 Å². The molecule has 0 spiro atoms. The fourth-order valence-corrected chi connectivity index (χ4v) is 3.72. The molecular formula is C20H24N4O2S. The lowest BCUT2D eigenvalue weighted by atomic mass is 10.1. The molecule has 0 atom stereocenters. The van der Waals surface area contributed by atoms with Crippen LogP contribution in [0.25, 0.3) is 0 Å². The molecule has 6 nitrogen and oxygen atoms in total. The molecule has 1 heterocycles. The zero-order chi connectivity index (χ0) is 19.3. The highest BCUT2D eigenvalue weighted by atomic mass is 32.2. The van der Waals surface area contributed by atoms with Crippen LogP contribution in [0.15, 0.2) is 59.8 Å². The Kier molecular flexibility index (Phi) is 5.91. The summed E-state index contributed by atoms with van der Waals surface area (Å²) in [4.78, 5) is 4.28. The minimum absolute atomic E-state index is 0.0682. The molecular weight excluding hydrogens is 360 g/mol. The van der Waals surface area contributed by atoms with E-state index in [1.54, 1.807) is 16.8 Å². The van der Waals surface area contributed by atoms with Crippen LogP contribution in [0.1, 0.15) is 36.5 Å². The van der Waals surface area contributed by atoms with Crippen molar-refractivity contribution in [3.63, 3.8) is 0 Å². The number of rotatable bonds is 8. The van der Waals surface area contributed by atoms with Crippen LogP contribution in [0, 0.1) is 6.92 Å². The van der Waals surface area contributed by atoms with Crippen molar-refractivity contribution < 1.29 is 8.42 Å². The number of nitrogens with zero attached hydrogens (tertiary/aromatic N) is 3. The van der Waals surface area contributed by atoms with Crippen LogP contribution in [0.4, 0.5) is 5.95 Å². The number of unbranched alkanes of at least 4 members (excludes halogenated alkanes) is 1. The van der Waals surface area contributed by atoms with Crippen molar-refractivity contribution in [3.8, 4) is 0 Å². The average molecular weight is 385 g/mol. The first-order valence-corrected chi connectivity index (χ1v) is 10.5. The Morgan fingerprint density at radius 2 is 1.81 bits per heavy atom. The van der Waals surface area contributed by atoms with Gasteiger partial charge in [-0.15, -0.1) is 5.10 Å². The fourth-order valence-electron chi connectivity index (χ4n) is 2.77. The number of sulfonamides is 1. The van der Waals surface area contributed by atoms with Crippen LogP contribution < -0.4 is 4.72 Å². The van der Waals surface area contributed by atoms with Gasteiger partial charge in [-0.2, -0.15) is 4.98 Å². The maximum atomic E-state index is 12.5. The molecule has 0 bridgehead atoms. The van der Waals surface area contributed by atoms with Crippen LogP contribution in [0.5, 0.6) is 0 Å². The SMILES string of the molecule is CCCCc1ccc(S(=O)(=O)Nc2ncn(Cc3ccccc3C)n2)cc1. The number of aryl methyl sites for hydroxylation is 2. The second kappa shape index (κ2) is 8.35. The van der Waals surface area contributed by atoms with E-state index < -0.39 is 10.0 Å². The predicted molar refractivity (Wildman–Crippen MR) is 106 cm³/mol. The highest BCUT2D eigenvalue weighted by molar-refractivity contribution is 7.92. The second-order valence-corrected chi connectivity index (χ2v) is 8.23. The maximum Gasteiger partial charge on any atom is 0.264 e. The Bertz CT molecular complexity index is 995. The summed E-state index contributed by atoms with van der Waals surface area (Å²) in [6.45, 7) is 4.70. The van der Waals surface area contributed by atoms with E-state index >= 15 is 0 Å². The first-order chi connectivity index (χ1) is 13.0. The van der Waals surface area contributed by atoms with Gasteiger partial charge in [0.2, 0.25) is 0 Å². The number of hydrogen-bond acceptors (Lipinski definition) is 4. The van der Waals surface area contributed by atoms with Crippen molar-refractivity contribution in [1.82, 2.24) is 14.8 Å². The summed E-state index contributed by atoms with van der Waals surface area (Å²) in [6.07, 6.45) is 4.68. The molecule has 0 unspecified atom stereocenters. The summed E-state index contributed by atoms with van der Waals surface area (Å²) in [7, 11) is -3.71. The van der Waals surface area contributed by atoms with Crippen LogP contribution in [-0.2, 0) is 23.0 Å². The number of anilines is 1. The Morgan fingerprint density at radius 1 is 1.07 bits per heavy atom. The number of aromatic nitrogens is 3. The monoisotopic (exact) mass is 384 g/mol. The van der Waals surface area contributed by atoms with Crippen LogP contribution >= 0.6 is 0 Å². The summed E-state index contributed by atoms with van der Waals surface area (Å²) >= 11 is 0. The van der Waals surface area contributed by atoms with Gasteiger partial charge in [-0.25, -0.2) is 17.8 Å². The molecule has 3 aromatic rings. The Balaban J connectivity index is 1.69. The lowest BCUT2D eigenvalue weighted by Crippen LogP contribution is -2.14. The van der Waals surface area contributed by atoms with Crippen LogP contribution in [0.3, 0.4) is 0 Å². The summed E-state index contributed by atoms with van der Waals surface area (Å²) in [5.74, 6) is 0.0682. The number of hydrogen-bond donors (Lipinski definition) is 1. The van der Waals surface area contributed by atoms with Gasteiger partial charge in [0.05, 0.1) is 11.4 Å². The van der Waals surface area contributed by atoms with Crippen molar-refractivity contribution in [2.24, 2.45) is 0 Å². The summed E-state index contributed by atoms with van der Waals surface area (Å²) in [6, 6.07) is 14.9. The Labute approximate surface area is 160 Å². The standard InChI is InChI=1S/C20H24N4O2S/c1-3-4-8-17-10-12-19(13-11-17)27(25,26)23-20-21-15-24(22-20)14-18-9-6-5-7-16(18)2/h5-7,9-13,15H,3-4,8,14H2,1-2H3,(H,22,23). The van der Waals surface area contributed by atoms with Gasteiger partial charge in [-0.1, -0.05) is 49.7 Å². The molecule has 0 fully saturated rings. The topological polar surface area (TPSA) is 76.9 Å². The predicted octanol–water partition coefficient (Wildman–Crippen LogP) is 3.78. The average Bonchev–Trinajstić information content (AvgIpc) is 3.08. The minimum Gasteiger partial charge on any atom is -0.246 e. The molecule has 3 rings (SSSR count). The third-order valence-corrected chi connectivity index (χ3v) is 5.75. The third kappa shape index (κ3) is 4.95. The van der Waals surface area contributed by atoms with Gasteiger partial charge < -0.3 is 0 Å². The molecule has 2 aromatic carbocycles. The fraction of sp³-hybridized carbons (Fsp3) is 0.300. The maximum absolute atomic E-state index is 12.5. The third-order valence-electron chi connectivity index (χ3n) is 4.41. The Hall–Kier alpha value is -2.67. The molecule has 27 heavy (non-hydrogen) atoms. The van der Waals surface area contributed by atoms with Gasteiger partial charge in [0.25, 0.3) is 16.0 Å². The lowest BCUT2D eigenvalue weighted by molar-refractivity contribution is 0.600. The van der Waals surface area contributed by atoms with Crippen molar-refractivity contribution in [2.75, 3.05) is 4.72 Å². The van der Waals surface area contributed by atoms with E-state index in [-0.39, 0.29) is 10.8 Å². The largest absolute Gasteiger partial charge is 0.264 e. The molecule has 0 saturated carbocycles. The van der Waals surface area contributed by atoms with E-state index in [1.807, 2.05) is 43.3 Å². The molecule has 0 aliphatic carbocycles. The summed E-state index contributed by atoms with van der Waals surface area (Å²) in [5.41, 5.74) is 3.40. The molecule has 0 aliphatic heterocycles. The molecule has 1 N–H and O–H groups in total. The summed E-state index contributed by atoms with van der Waals surface area (Å²) in [5, 5.41) is 4.23.